The van der Waals surface area contributed by atoms with Gasteiger partial charge in [-0.25, -0.2) is 0 Å². The molecule has 35 heavy (non-hydrogen) atoms. The van der Waals surface area contributed by atoms with E-state index in [9.17, 15) is 9.90 Å². The number of hydrogen-bond donors (Lipinski definition) is 2. The molecule has 186 valence electrons. The molecule has 1 saturated heterocycles. The zero-order valence-corrected chi connectivity index (χ0v) is 20.7. The van der Waals surface area contributed by atoms with Crippen LogP contribution in [0, 0.1) is 0 Å². The van der Waals surface area contributed by atoms with E-state index in [-0.39, 0.29) is 24.8 Å². The van der Waals surface area contributed by atoms with E-state index in [0.29, 0.717) is 30.7 Å². The van der Waals surface area contributed by atoms with Crippen LogP contribution in [0.25, 0.3) is 0 Å². The Bertz CT molecular complexity index is 1050. The third-order valence-corrected chi connectivity index (χ3v) is 6.20. The number of carbonyl (C=O) groups excluding carboxylic acids is 1. The standard InChI is InChI=1S/C28H33N3O3.ClH/c29-23-11-13-24(14-12-23)31-18-16-30(17-19-31)20-25(32)21-34-28-9-5-4-8-26(28)27(33)15-10-22-6-2-1-3-7-22;/h1-9,11-14,25,32H,10,15-21,29H2;1H. The summed E-state index contributed by atoms with van der Waals surface area (Å²) in [7, 11) is 0. The van der Waals surface area contributed by atoms with Crippen molar-refractivity contribution in [3.63, 3.8) is 0 Å². The highest BCUT2D eigenvalue weighted by atomic mass is 35.5. The number of nitrogen functional groups attached to an aromatic ring is 1. The Kier molecular flexibility index (Phi) is 9.97. The maximum Gasteiger partial charge on any atom is 0.166 e. The molecule has 1 atom stereocenters. The zero-order chi connectivity index (χ0) is 23.8. The summed E-state index contributed by atoms with van der Waals surface area (Å²) in [5, 5.41) is 10.6. The molecular formula is C28H34ClN3O3. The molecule has 0 spiro atoms. The fraction of sp³-hybridized carbons (Fsp3) is 0.321. The predicted molar refractivity (Wildman–Crippen MR) is 144 cm³/mol. The molecule has 1 fully saturated rings. The van der Waals surface area contributed by atoms with Gasteiger partial charge in [-0.1, -0.05) is 42.5 Å². The van der Waals surface area contributed by atoms with Crippen molar-refractivity contribution in [2.75, 3.05) is 50.0 Å². The van der Waals surface area contributed by atoms with E-state index in [1.165, 1.54) is 5.69 Å². The minimum Gasteiger partial charge on any atom is -0.490 e. The van der Waals surface area contributed by atoms with Gasteiger partial charge in [0, 0.05) is 50.5 Å². The summed E-state index contributed by atoms with van der Waals surface area (Å²) >= 11 is 0. The van der Waals surface area contributed by atoms with Crippen molar-refractivity contribution in [1.82, 2.24) is 4.90 Å². The first-order chi connectivity index (χ1) is 16.6. The molecule has 1 heterocycles. The Balaban J connectivity index is 0.00000342. The molecule has 6 nitrogen and oxygen atoms in total. The quantitative estimate of drug-likeness (QED) is 0.326. The van der Waals surface area contributed by atoms with Crippen LogP contribution in [-0.2, 0) is 6.42 Å². The van der Waals surface area contributed by atoms with Crippen LogP contribution in [-0.4, -0.2) is 61.2 Å². The van der Waals surface area contributed by atoms with Gasteiger partial charge in [0.15, 0.2) is 5.78 Å². The third-order valence-electron chi connectivity index (χ3n) is 6.20. The average molecular weight is 496 g/mol. The number of aryl methyl sites for hydroxylation is 1. The van der Waals surface area contributed by atoms with Gasteiger partial charge in [-0.15, -0.1) is 12.4 Å². The fourth-order valence-electron chi connectivity index (χ4n) is 4.27. The van der Waals surface area contributed by atoms with E-state index in [1.807, 2.05) is 66.7 Å². The van der Waals surface area contributed by atoms with Crippen molar-refractivity contribution in [2.24, 2.45) is 0 Å². The molecule has 0 aliphatic carbocycles. The molecule has 1 unspecified atom stereocenters. The number of Topliss-reactive ketones (excluding diaryl/α,β-unsaturated/α-hetero) is 1. The number of β-amino-alcohol motifs (C(OH)–C–C–N with tert-alkyl or cyclic N) is 1. The molecule has 0 aromatic heterocycles. The zero-order valence-electron chi connectivity index (χ0n) is 19.9. The molecular weight excluding hydrogens is 462 g/mol. The van der Waals surface area contributed by atoms with Crippen molar-refractivity contribution in [1.29, 1.82) is 0 Å². The number of anilines is 2. The van der Waals surface area contributed by atoms with E-state index in [4.69, 9.17) is 10.5 Å². The highest BCUT2D eigenvalue weighted by Gasteiger charge is 2.20. The molecule has 3 N–H and O–H groups in total. The van der Waals surface area contributed by atoms with Crippen molar-refractivity contribution in [2.45, 2.75) is 18.9 Å². The molecule has 1 aliphatic rings. The highest BCUT2D eigenvalue weighted by Crippen LogP contribution is 2.21. The molecule has 0 radical (unpaired) electrons. The van der Waals surface area contributed by atoms with Gasteiger partial charge in [-0.2, -0.15) is 0 Å². The number of piperazine rings is 1. The van der Waals surface area contributed by atoms with Crippen LogP contribution in [0.4, 0.5) is 11.4 Å². The summed E-state index contributed by atoms with van der Waals surface area (Å²) in [6.45, 7) is 4.24. The SMILES string of the molecule is Cl.Nc1ccc(N2CCN(CC(O)COc3ccccc3C(=O)CCc3ccccc3)CC2)cc1. The predicted octanol–water partition coefficient (Wildman–Crippen LogP) is 4.07. The molecule has 3 aromatic carbocycles. The van der Waals surface area contributed by atoms with Crippen LogP contribution in [0.3, 0.4) is 0 Å². The number of carbonyl (C=O) groups is 1. The Morgan fingerprint density at radius 3 is 2.29 bits per heavy atom. The van der Waals surface area contributed by atoms with Crippen LogP contribution < -0.4 is 15.4 Å². The lowest BCUT2D eigenvalue weighted by Crippen LogP contribution is -2.49. The second kappa shape index (κ2) is 13.1. The smallest absolute Gasteiger partial charge is 0.166 e. The van der Waals surface area contributed by atoms with E-state index in [1.54, 1.807) is 12.1 Å². The van der Waals surface area contributed by atoms with Gasteiger partial charge in [0.05, 0.1) is 5.56 Å². The lowest BCUT2D eigenvalue weighted by molar-refractivity contribution is 0.0655. The number of hydrogen-bond acceptors (Lipinski definition) is 6. The van der Waals surface area contributed by atoms with E-state index in [2.05, 4.69) is 9.80 Å². The first kappa shape index (κ1) is 26.5. The average Bonchev–Trinajstić information content (AvgIpc) is 2.88. The highest BCUT2D eigenvalue weighted by molar-refractivity contribution is 5.98. The van der Waals surface area contributed by atoms with Crippen molar-refractivity contribution in [3.05, 3.63) is 90.0 Å². The van der Waals surface area contributed by atoms with E-state index < -0.39 is 6.10 Å². The number of benzene rings is 3. The first-order valence-electron chi connectivity index (χ1n) is 11.9. The molecule has 4 rings (SSSR count). The number of nitrogens with zero attached hydrogens (tertiary/aromatic N) is 2. The number of ether oxygens (including phenoxy) is 1. The van der Waals surface area contributed by atoms with Crippen molar-refractivity contribution in [3.8, 4) is 5.75 Å². The van der Waals surface area contributed by atoms with Gasteiger partial charge in [0.1, 0.15) is 18.5 Å². The van der Waals surface area contributed by atoms with Gasteiger partial charge < -0.3 is 20.5 Å². The Hall–Kier alpha value is -3.06. The fourth-order valence-corrected chi connectivity index (χ4v) is 4.27. The summed E-state index contributed by atoms with van der Waals surface area (Å²) in [5.41, 5.74) is 9.44. The number of rotatable bonds is 10. The van der Waals surface area contributed by atoms with E-state index in [0.717, 1.165) is 37.4 Å². The normalized spacial score (nSPS) is 14.7. The molecule has 3 aromatic rings. The lowest BCUT2D eigenvalue weighted by atomic mass is 10.0. The molecule has 0 amide bonds. The number of aliphatic hydroxyl groups is 1. The van der Waals surface area contributed by atoms with Crippen LogP contribution in [0.2, 0.25) is 0 Å². The van der Waals surface area contributed by atoms with Gasteiger partial charge in [0.2, 0.25) is 0 Å². The number of nitrogens with two attached hydrogens (primary N) is 1. The topological polar surface area (TPSA) is 79.0 Å². The Morgan fingerprint density at radius 2 is 1.57 bits per heavy atom. The monoisotopic (exact) mass is 495 g/mol. The summed E-state index contributed by atoms with van der Waals surface area (Å²) in [6, 6.07) is 25.2. The van der Waals surface area contributed by atoms with Gasteiger partial charge in [0.25, 0.3) is 0 Å². The number of ketones is 1. The van der Waals surface area contributed by atoms with Crippen molar-refractivity contribution >= 4 is 29.6 Å². The number of aliphatic hydroxyl groups excluding tert-OH is 1. The van der Waals surface area contributed by atoms with Crippen LogP contribution in [0.5, 0.6) is 5.75 Å². The molecule has 0 bridgehead atoms. The Morgan fingerprint density at radius 1 is 0.914 bits per heavy atom. The minimum absolute atomic E-state index is 0. The maximum atomic E-state index is 12.8. The summed E-state index contributed by atoms with van der Waals surface area (Å²) < 4.78 is 5.90. The number of halogens is 1. The Labute approximate surface area is 213 Å². The second-order valence-corrected chi connectivity index (χ2v) is 8.75. The van der Waals surface area contributed by atoms with Crippen LogP contribution in [0.15, 0.2) is 78.9 Å². The van der Waals surface area contributed by atoms with Crippen LogP contribution in [0.1, 0.15) is 22.3 Å². The van der Waals surface area contributed by atoms with Gasteiger partial charge in [-0.05, 0) is 48.4 Å². The third kappa shape index (κ3) is 7.72. The molecule has 7 heteroatoms. The van der Waals surface area contributed by atoms with Crippen LogP contribution >= 0.6 is 12.4 Å². The van der Waals surface area contributed by atoms with Gasteiger partial charge >= 0.3 is 0 Å². The second-order valence-electron chi connectivity index (χ2n) is 8.75. The first-order valence-corrected chi connectivity index (χ1v) is 11.9. The summed E-state index contributed by atoms with van der Waals surface area (Å²) in [6.07, 6.45) is 0.486. The van der Waals surface area contributed by atoms with Gasteiger partial charge in [-0.3, -0.25) is 9.69 Å². The largest absolute Gasteiger partial charge is 0.490 e. The minimum atomic E-state index is -0.629. The van der Waals surface area contributed by atoms with Crippen molar-refractivity contribution < 1.29 is 14.6 Å². The lowest BCUT2D eigenvalue weighted by Gasteiger charge is -2.36. The van der Waals surface area contributed by atoms with E-state index >= 15 is 0 Å². The number of para-hydroxylation sites is 1. The summed E-state index contributed by atoms with van der Waals surface area (Å²) in [4.78, 5) is 17.4. The molecule has 1 aliphatic heterocycles. The molecule has 0 saturated carbocycles. The summed E-state index contributed by atoms with van der Waals surface area (Å²) in [5.74, 6) is 0.584. The maximum absolute atomic E-state index is 12.8.